The van der Waals surface area contributed by atoms with Crippen LogP contribution in [-0.4, -0.2) is 63.5 Å². The number of hydrogen-bond acceptors (Lipinski definition) is 4. The number of thioether (sulfide) groups is 1. The van der Waals surface area contributed by atoms with Crippen LogP contribution < -0.4 is 5.32 Å². The SMILES string of the molecule is CCN1C(=O)C(CC(=O)N2CCC(N3Cc4ccccc4NC3=O)CC2)SC1c1ccccc1. The summed E-state index contributed by atoms with van der Waals surface area (Å²) in [6, 6.07) is 17.9. The topological polar surface area (TPSA) is 73.0 Å². The van der Waals surface area contributed by atoms with Crippen LogP contribution >= 0.6 is 11.8 Å². The Labute approximate surface area is 204 Å². The van der Waals surface area contributed by atoms with Crippen LogP contribution in [0.3, 0.4) is 0 Å². The van der Waals surface area contributed by atoms with Crippen LogP contribution in [-0.2, 0) is 16.1 Å². The third-order valence-corrected chi connectivity index (χ3v) is 8.52. The van der Waals surface area contributed by atoms with Gasteiger partial charge in [-0.05, 0) is 37.0 Å². The normalized spacial score (nSPS) is 23.1. The Morgan fingerprint density at radius 1 is 1.03 bits per heavy atom. The fourth-order valence-electron chi connectivity index (χ4n) is 5.15. The van der Waals surface area contributed by atoms with E-state index in [1.807, 2.05) is 76.2 Å². The lowest BCUT2D eigenvalue weighted by molar-refractivity contribution is -0.136. The van der Waals surface area contributed by atoms with Crippen molar-refractivity contribution in [3.8, 4) is 0 Å². The third kappa shape index (κ3) is 4.39. The van der Waals surface area contributed by atoms with Gasteiger partial charge >= 0.3 is 6.03 Å². The molecule has 0 bridgehead atoms. The van der Waals surface area contributed by atoms with Crippen LogP contribution in [0.25, 0.3) is 0 Å². The molecule has 5 rings (SSSR count). The fraction of sp³-hybridized carbons (Fsp3) is 0.423. The molecule has 7 nitrogen and oxygen atoms in total. The van der Waals surface area contributed by atoms with Gasteiger partial charge in [0.2, 0.25) is 11.8 Å². The number of anilines is 1. The molecule has 2 aromatic rings. The average molecular weight is 479 g/mol. The zero-order chi connectivity index (χ0) is 23.7. The van der Waals surface area contributed by atoms with Crippen molar-refractivity contribution < 1.29 is 14.4 Å². The van der Waals surface area contributed by atoms with Gasteiger partial charge in [-0.2, -0.15) is 0 Å². The molecule has 0 aromatic heterocycles. The van der Waals surface area contributed by atoms with Crippen molar-refractivity contribution in [2.75, 3.05) is 25.0 Å². The molecule has 3 heterocycles. The lowest BCUT2D eigenvalue weighted by atomic mass is 10.0. The van der Waals surface area contributed by atoms with E-state index in [1.165, 1.54) is 0 Å². The van der Waals surface area contributed by atoms with E-state index >= 15 is 0 Å². The minimum Gasteiger partial charge on any atom is -0.342 e. The van der Waals surface area contributed by atoms with Gasteiger partial charge in [0.15, 0.2) is 0 Å². The van der Waals surface area contributed by atoms with Gasteiger partial charge in [-0.25, -0.2) is 4.79 Å². The van der Waals surface area contributed by atoms with Crippen molar-refractivity contribution in [1.82, 2.24) is 14.7 Å². The van der Waals surface area contributed by atoms with Crippen molar-refractivity contribution in [2.24, 2.45) is 0 Å². The van der Waals surface area contributed by atoms with E-state index < -0.39 is 0 Å². The van der Waals surface area contributed by atoms with Gasteiger partial charge in [-0.1, -0.05) is 48.5 Å². The fourth-order valence-corrected chi connectivity index (χ4v) is 6.67. The predicted molar refractivity (Wildman–Crippen MR) is 133 cm³/mol. The molecule has 0 spiro atoms. The minimum atomic E-state index is -0.347. The summed E-state index contributed by atoms with van der Waals surface area (Å²) in [7, 11) is 0. The van der Waals surface area contributed by atoms with Crippen LogP contribution in [0.5, 0.6) is 0 Å². The molecule has 0 radical (unpaired) electrons. The number of amides is 4. The van der Waals surface area contributed by atoms with Gasteiger partial charge in [-0.15, -0.1) is 11.8 Å². The van der Waals surface area contributed by atoms with E-state index in [0.29, 0.717) is 26.2 Å². The lowest BCUT2D eigenvalue weighted by Crippen LogP contribution is -2.51. The number of nitrogens with one attached hydrogen (secondary N) is 1. The highest BCUT2D eigenvalue weighted by Gasteiger charge is 2.42. The van der Waals surface area contributed by atoms with Crippen molar-refractivity contribution in [2.45, 2.75) is 49.4 Å². The van der Waals surface area contributed by atoms with E-state index in [0.717, 1.165) is 29.7 Å². The second-order valence-corrected chi connectivity index (χ2v) is 10.3. The number of nitrogens with zero attached hydrogens (tertiary/aromatic N) is 3. The molecule has 2 aromatic carbocycles. The summed E-state index contributed by atoms with van der Waals surface area (Å²) < 4.78 is 0. The van der Waals surface area contributed by atoms with E-state index in [4.69, 9.17) is 0 Å². The number of likely N-dealkylation sites (tertiary alicyclic amines) is 1. The van der Waals surface area contributed by atoms with E-state index in [1.54, 1.807) is 11.8 Å². The number of fused-ring (bicyclic) bond motifs is 1. The first-order valence-corrected chi connectivity index (χ1v) is 12.9. The maximum absolute atomic E-state index is 13.1. The molecule has 1 N–H and O–H groups in total. The van der Waals surface area contributed by atoms with Gasteiger partial charge < -0.3 is 20.0 Å². The number of rotatable bonds is 5. The Morgan fingerprint density at radius 2 is 1.74 bits per heavy atom. The van der Waals surface area contributed by atoms with Gasteiger partial charge in [0.1, 0.15) is 5.37 Å². The Balaban J connectivity index is 1.17. The molecule has 3 aliphatic rings. The Bertz CT molecular complexity index is 1070. The van der Waals surface area contributed by atoms with Gasteiger partial charge in [0.25, 0.3) is 0 Å². The van der Waals surface area contributed by atoms with Gasteiger partial charge in [-0.3, -0.25) is 9.59 Å². The lowest BCUT2D eigenvalue weighted by Gasteiger charge is -2.40. The maximum atomic E-state index is 13.1. The molecule has 34 heavy (non-hydrogen) atoms. The predicted octanol–water partition coefficient (Wildman–Crippen LogP) is 4.08. The molecule has 2 atom stereocenters. The summed E-state index contributed by atoms with van der Waals surface area (Å²) in [6.45, 7) is 4.43. The Kier molecular flexibility index (Phi) is 6.50. The maximum Gasteiger partial charge on any atom is 0.322 e. The number of piperidine rings is 1. The number of hydrogen-bond donors (Lipinski definition) is 1. The first-order chi connectivity index (χ1) is 16.5. The molecule has 8 heteroatoms. The number of benzene rings is 2. The summed E-state index contributed by atoms with van der Waals surface area (Å²) >= 11 is 1.58. The van der Waals surface area contributed by atoms with Crippen LogP contribution in [0.4, 0.5) is 10.5 Å². The Morgan fingerprint density at radius 3 is 2.47 bits per heavy atom. The summed E-state index contributed by atoms with van der Waals surface area (Å²) in [5.74, 6) is 0.0794. The smallest absolute Gasteiger partial charge is 0.322 e. The van der Waals surface area contributed by atoms with Crippen molar-refractivity contribution in [3.63, 3.8) is 0 Å². The molecule has 4 amide bonds. The summed E-state index contributed by atoms with van der Waals surface area (Å²) in [4.78, 5) is 44.4. The quantitative estimate of drug-likeness (QED) is 0.703. The Hall–Kier alpha value is -3.00. The van der Waals surface area contributed by atoms with E-state index in [2.05, 4.69) is 5.32 Å². The molecule has 2 saturated heterocycles. The molecule has 3 aliphatic heterocycles. The van der Waals surface area contributed by atoms with E-state index in [-0.39, 0.29) is 40.9 Å². The molecule has 2 fully saturated rings. The van der Waals surface area contributed by atoms with Crippen LogP contribution in [0.1, 0.15) is 42.7 Å². The molecular weight excluding hydrogens is 448 g/mol. The first kappa shape index (κ1) is 22.8. The number of carbonyl (C=O) groups is 3. The average Bonchev–Trinajstić information content (AvgIpc) is 3.19. The number of para-hydroxylation sites is 1. The van der Waals surface area contributed by atoms with Gasteiger partial charge in [0, 0.05) is 44.3 Å². The highest BCUT2D eigenvalue weighted by Crippen LogP contribution is 2.44. The first-order valence-electron chi connectivity index (χ1n) is 12.0. The second kappa shape index (κ2) is 9.70. The zero-order valence-corrected chi connectivity index (χ0v) is 20.2. The minimum absolute atomic E-state index is 0.0301. The summed E-state index contributed by atoms with van der Waals surface area (Å²) in [5.41, 5.74) is 3.09. The standard InChI is InChI=1S/C26H30N4O3S/c1-2-29-24(32)22(34-25(29)18-8-4-3-5-9-18)16-23(31)28-14-12-20(13-15-28)30-17-19-10-6-7-11-21(19)27-26(30)33/h3-11,20,22,25H,2,12-17H2,1H3,(H,27,33). The molecule has 0 saturated carbocycles. The largest absolute Gasteiger partial charge is 0.342 e. The highest BCUT2D eigenvalue weighted by atomic mass is 32.2. The molecule has 178 valence electrons. The number of carbonyl (C=O) groups excluding carboxylic acids is 3. The van der Waals surface area contributed by atoms with Gasteiger partial charge in [0.05, 0.1) is 5.25 Å². The summed E-state index contributed by atoms with van der Waals surface area (Å²) in [6.07, 6.45) is 1.73. The molecular formula is C26H30N4O3S. The van der Waals surface area contributed by atoms with Crippen LogP contribution in [0.15, 0.2) is 54.6 Å². The molecule has 0 aliphatic carbocycles. The van der Waals surface area contributed by atoms with Crippen molar-refractivity contribution >= 4 is 35.3 Å². The van der Waals surface area contributed by atoms with Crippen molar-refractivity contribution in [3.05, 3.63) is 65.7 Å². The summed E-state index contributed by atoms with van der Waals surface area (Å²) in [5, 5.41) is 2.60. The third-order valence-electron chi connectivity index (χ3n) is 7.04. The molecule has 2 unspecified atom stereocenters. The number of urea groups is 1. The van der Waals surface area contributed by atoms with Crippen LogP contribution in [0.2, 0.25) is 0 Å². The monoisotopic (exact) mass is 478 g/mol. The van der Waals surface area contributed by atoms with Crippen molar-refractivity contribution in [1.29, 1.82) is 0 Å². The van der Waals surface area contributed by atoms with E-state index in [9.17, 15) is 14.4 Å². The van der Waals surface area contributed by atoms with Crippen LogP contribution in [0, 0.1) is 0 Å². The highest BCUT2D eigenvalue weighted by molar-refractivity contribution is 8.01. The second-order valence-electron chi connectivity index (χ2n) is 9.04. The zero-order valence-electron chi connectivity index (χ0n) is 19.4.